The summed E-state index contributed by atoms with van der Waals surface area (Å²) >= 11 is 0. The number of phenols is 2. The third kappa shape index (κ3) is 6.57. The first-order valence-electron chi connectivity index (χ1n) is 13.0. The molecule has 2 rings (SSSR count). The van der Waals surface area contributed by atoms with E-state index >= 15 is 0 Å². The van der Waals surface area contributed by atoms with Gasteiger partial charge in [-0.3, -0.25) is 0 Å². The van der Waals surface area contributed by atoms with Crippen molar-refractivity contribution in [2.24, 2.45) is 0 Å². The molecular weight excluding hydrogens is 444 g/mol. The Bertz CT molecular complexity index is 1070. The fraction of sp³-hybridized carbons (Fsp3) is 0.562. The summed E-state index contributed by atoms with van der Waals surface area (Å²) in [6.07, 6.45) is 0.598. The van der Waals surface area contributed by atoms with E-state index in [2.05, 4.69) is 95.2 Å². The standard InChI is InChI=1S/C32H48N2O2/c1-29(2,3)19-15-21(27(35)23(17-19)31(7,8)9)25(33)13-14-26(34)22-16-20(30(4,5)6)18-24(28(22)36)32(10,11)12/h15-18,33-36H,13-14H2,1-12H3. The van der Waals surface area contributed by atoms with E-state index < -0.39 is 0 Å². The van der Waals surface area contributed by atoms with Crippen LogP contribution in [0.5, 0.6) is 11.5 Å². The summed E-state index contributed by atoms with van der Waals surface area (Å²) in [6.45, 7) is 25.2. The van der Waals surface area contributed by atoms with Crippen LogP contribution in [0.1, 0.15) is 129 Å². The number of hydrogen-bond donors (Lipinski definition) is 4. The average Bonchev–Trinajstić information content (AvgIpc) is 2.68. The van der Waals surface area contributed by atoms with Gasteiger partial charge in [-0.05, 0) is 57.8 Å². The molecule has 0 bridgehead atoms. The molecule has 4 nitrogen and oxygen atoms in total. The van der Waals surface area contributed by atoms with E-state index in [9.17, 15) is 10.2 Å². The van der Waals surface area contributed by atoms with Crippen molar-refractivity contribution in [3.05, 3.63) is 57.6 Å². The molecule has 0 aliphatic carbocycles. The summed E-state index contributed by atoms with van der Waals surface area (Å²) < 4.78 is 0. The Hall–Kier alpha value is -2.62. The first-order valence-corrected chi connectivity index (χ1v) is 13.0. The molecule has 0 unspecified atom stereocenters. The lowest BCUT2D eigenvalue weighted by atomic mass is 9.77. The maximum absolute atomic E-state index is 11.1. The van der Waals surface area contributed by atoms with E-state index in [0.29, 0.717) is 35.4 Å². The van der Waals surface area contributed by atoms with E-state index in [1.54, 1.807) is 0 Å². The highest BCUT2D eigenvalue weighted by Crippen LogP contribution is 2.40. The van der Waals surface area contributed by atoms with Gasteiger partial charge in [-0.2, -0.15) is 0 Å². The highest BCUT2D eigenvalue weighted by molar-refractivity contribution is 6.07. The largest absolute Gasteiger partial charge is 0.507 e. The van der Waals surface area contributed by atoms with Crippen LogP contribution >= 0.6 is 0 Å². The summed E-state index contributed by atoms with van der Waals surface area (Å²) in [5, 5.41) is 39.9. The van der Waals surface area contributed by atoms with Crippen LogP contribution in [0.2, 0.25) is 0 Å². The zero-order chi connectivity index (χ0) is 28.0. The van der Waals surface area contributed by atoms with Gasteiger partial charge in [0.25, 0.3) is 0 Å². The molecule has 198 valence electrons. The van der Waals surface area contributed by atoms with Crippen molar-refractivity contribution in [1.29, 1.82) is 10.8 Å². The van der Waals surface area contributed by atoms with Gasteiger partial charge in [-0.15, -0.1) is 0 Å². The summed E-state index contributed by atoms with van der Waals surface area (Å²) in [5.41, 5.74) is 4.68. The second-order valence-electron chi connectivity index (χ2n) is 14.3. The molecule has 2 aromatic carbocycles. The van der Waals surface area contributed by atoms with Gasteiger partial charge in [0.05, 0.1) is 0 Å². The molecule has 4 heteroatoms. The molecule has 0 aromatic heterocycles. The Kier molecular flexibility index (Phi) is 7.97. The molecular formula is C32H48N2O2. The maximum Gasteiger partial charge on any atom is 0.128 e. The first kappa shape index (κ1) is 29.6. The number of rotatable bonds is 5. The zero-order valence-corrected chi connectivity index (χ0v) is 24.6. The van der Waals surface area contributed by atoms with Crippen molar-refractivity contribution in [1.82, 2.24) is 0 Å². The van der Waals surface area contributed by atoms with E-state index in [0.717, 1.165) is 22.3 Å². The molecule has 0 saturated heterocycles. The summed E-state index contributed by atoms with van der Waals surface area (Å²) in [7, 11) is 0. The lowest BCUT2D eigenvalue weighted by Crippen LogP contribution is -2.19. The van der Waals surface area contributed by atoms with Crippen LogP contribution in [-0.4, -0.2) is 21.6 Å². The second-order valence-corrected chi connectivity index (χ2v) is 14.3. The lowest BCUT2D eigenvalue weighted by Gasteiger charge is -2.28. The first-order chi connectivity index (χ1) is 16.0. The van der Waals surface area contributed by atoms with Crippen LogP contribution in [0, 0.1) is 10.8 Å². The minimum atomic E-state index is -0.268. The maximum atomic E-state index is 11.1. The zero-order valence-electron chi connectivity index (χ0n) is 24.6. The number of benzene rings is 2. The van der Waals surface area contributed by atoms with Gasteiger partial charge in [-0.25, -0.2) is 0 Å². The van der Waals surface area contributed by atoms with Crippen molar-refractivity contribution in [2.45, 2.75) is 118 Å². The van der Waals surface area contributed by atoms with Crippen LogP contribution < -0.4 is 0 Å². The predicted octanol–water partition coefficient (Wildman–Crippen LogP) is 8.50. The van der Waals surface area contributed by atoms with Crippen molar-refractivity contribution in [3.8, 4) is 11.5 Å². The normalized spacial score (nSPS) is 13.1. The number of hydrogen-bond acceptors (Lipinski definition) is 4. The number of nitrogens with one attached hydrogen (secondary N) is 2. The Morgan fingerprint density at radius 2 is 0.806 bits per heavy atom. The number of phenolic OH excluding ortho intramolecular Hbond substituents is 2. The highest BCUT2D eigenvalue weighted by atomic mass is 16.3. The SMILES string of the molecule is CC(C)(C)c1cc(C(=N)CCC(=N)c2cc(C(C)(C)C)cc(C(C)(C)C)c2O)c(O)c(C(C)(C)C)c1. The Morgan fingerprint density at radius 3 is 1.03 bits per heavy atom. The summed E-state index contributed by atoms with van der Waals surface area (Å²) in [6, 6.07) is 7.95. The minimum absolute atomic E-state index is 0.127. The van der Waals surface area contributed by atoms with E-state index in [1.165, 1.54) is 0 Å². The Labute approximate surface area is 219 Å². The van der Waals surface area contributed by atoms with Crippen molar-refractivity contribution in [2.75, 3.05) is 0 Å². The molecule has 0 heterocycles. The summed E-state index contributed by atoms with van der Waals surface area (Å²) in [4.78, 5) is 0. The Morgan fingerprint density at radius 1 is 0.528 bits per heavy atom. The van der Waals surface area contributed by atoms with Crippen molar-refractivity contribution >= 4 is 11.4 Å². The average molecular weight is 493 g/mol. The van der Waals surface area contributed by atoms with Gasteiger partial charge in [0, 0.05) is 33.7 Å². The molecule has 0 atom stereocenters. The van der Waals surface area contributed by atoms with Gasteiger partial charge in [0.2, 0.25) is 0 Å². The molecule has 0 aliphatic rings. The molecule has 0 fully saturated rings. The van der Waals surface area contributed by atoms with E-state index in [-0.39, 0.29) is 33.2 Å². The molecule has 0 aliphatic heterocycles. The fourth-order valence-electron chi connectivity index (χ4n) is 4.26. The monoisotopic (exact) mass is 492 g/mol. The fourth-order valence-corrected chi connectivity index (χ4v) is 4.26. The second kappa shape index (κ2) is 9.68. The molecule has 2 aromatic rings. The Balaban J connectivity index is 2.47. The van der Waals surface area contributed by atoms with Gasteiger partial charge in [0.1, 0.15) is 11.5 Å². The van der Waals surface area contributed by atoms with Crippen molar-refractivity contribution in [3.63, 3.8) is 0 Å². The molecule has 0 saturated carbocycles. The minimum Gasteiger partial charge on any atom is -0.507 e. The van der Waals surface area contributed by atoms with E-state index in [1.807, 2.05) is 12.1 Å². The molecule has 0 radical (unpaired) electrons. The van der Waals surface area contributed by atoms with Gasteiger partial charge in [0.15, 0.2) is 0 Å². The van der Waals surface area contributed by atoms with E-state index in [4.69, 9.17) is 10.8 Å². The third-order valence-corrected chi connectivity index (χ3v) is 6.84. The van der Waals surface area contributed by atoms with Gasteiger partial charge >= 0.3 is 0 Å². The molecule has 4 N–H and O–H groups in total. The summed E-state index contributed by atoms with van der Waals surface area (Å²) in [5.74, 6) is 0.305. The number of aromatic hydroxyl groups is 2. The van der Waals surface area contributed by atoms with Crippen LogP contribution in [0.4, 0.5) is 0 Å². The molecule has 36 heavy (non-hydrogen) atoms. The topological polar surface area (TPSA) is 88.2 Å². The van der Waals surface area contributed by atoms with Crippen LogP contribution in [0.15, 0.2) is 24.3 Å². The smallest absolute Gasteiger partial charge is 0.128 e. The van der Waals surface area contributed by atoms with Gasteiger partial charge < -0.3 is 21.0 Å². The predicted molar refractivity (Wildman–Crippen MR) is 154 cm³/mol. The van der Waals surface area contributed by atoms with Crippen LogP contribution in [0.25, 0.3) is 0 Å². The lowest BCUT2D eigenvalue weighted by molar-refractivity contribution is 0.442. The quantitative estimate of drug-likeness (QED) is 0.315. The van der Waals surface area contributed by atoms with Gasteiger partial charge in [-0.1, -0.05) is 95.2 Å². The van der Waals surface area contributed by atoms with Crippen LogP contribution in [0.3, 0.4) is 0 Å². The van der Waals surface area contributed by atoms with Crippen LogP contribution in [-0.2, 0) is 21.7 Å². The molecule has 0 amide bonds. The molecule has 0 spiro atoms. The third-order valence-electron chi connectivity index (χ3n) is 6.84. The highest BCUT2D eigenvalue weighted by Gasteiger charge is 2.28. The van der Waals surface area contributed by atoms with Crippen molar-refractivity contribution < 1.29 is 10.2 Å².